The Morgan fingerprint density at radius 3 is 2.06 bits per heavy atom. The fourth-order valence-corrected chi connectivity index (χ4v) is 11.6. The number of ether oxygens (including phenoxy) is 3. The lowest BCUT2D eigenvalue weighted by molar-refractivity contribution is -0.227. The van der Waals surface area contributed by atoms with Crippen molar-refractivity contribution in [3.8, 4) is 0 Å². The van der Waals surface area contributed by atoms with E-state index in [9.17, 15) is 8.42 Å². The quantitative estimate of drug-likeness (QED) is 0.0312. The zero-order valence-corrected chi connectivity index (χ0v) is 34.0. The lowest BCUT2D eigenvalue weighted by atomic mass is 9.43. The Bertz CT molecular complexity index is 1420. The highest BCUT2D eigenvalue weighted by atomic mass is 32.2. The highest BCUT2D eigenvalue weighted by Gasteiger charge is 2.66. The third kappa shape index (κ3) is 11.8. The van der Waals surface area contributed by atoms with E-state index in [1.54, 1.807) is 0 Å². The lowest BCUT2D eigenvalue weighted by Crippen LogP contribution is -2.63. The minimum Gasteiger partial charge on any atom is -0.378 e. The van der Waals surface area contributed by atoms with E-state index in [-0.39, 0.29) is 35.7 Å². The number of rotatable bonds is 25. The van der Waals surface area contributed by atoms with Crippen LogP contribution in [0, 0.1) is 46.3 Å². The summed E-state index contributed by atoms with van der Waals surface area (Å²) in [7, 11) is -3.41. The first kappa shape index (κ1) is 44.4. The largest absolute Gasteiger partial charge is 0.378 e. The molecular weight excluding hydrogens is 713 g/mol. The van der Waals surface area contributed by atoms with Gasteiger partial charge in [0.25, 0.3) is 10.1 Å². The second-order valence-electron chi connectivity index (χ2n) is 16.7. The number of azide groups is 3. The summed E-state index contributed by atoms with van der Waals surface area (Å²) in [6.07, 6.45) is 13.8. The number of nitrogens with one attached hydrogen (secondary N) is 1. The molecule has 4 aliphatic rings. The predicted octanol–water partition coefficient (Wildman–Crippen LogP) is 8.49. The summed E-state index contributed by atoms with van der Waals surface area (Å²) in [6.45, 7) is 12.3. The molecule has 0 heterocycles. The Labute approximate surface area is 322 Å². The SMILES string of the molecule is C[C@H](CCCNCCCOS(C)(=O)=O)C1CC[C@H]2[C@@H]3[C@H](OCCCN=[N+]=[N-])C[C@@H]4C[C@H](OCCCN=[N+]=[N-])CC[C@]4(C)[C@H]3C[C@H](OCCCN=[N+]=[N-])[C@]12C. The maximum Gasteiger partial charge on any atom is 0.264 e. The molecule has 0 saturated heterocycles. The molecule has 4 rings (SSSR count). The highest BCUT2D eigenvalue weighted by Crippen LogP contribution is 2.69. The van der Waals surface area contributed by atoms with E-state index >= 15 is 0 Å². The third-order valence-corrected chi connectivity index (χ3v) is 14.2. The average molecular weight is 779 g/mol. The molecule has 4 saturated carbocycles. The van der Waals surface area contributed by atoms with Crippen molar-refractivity contribution in [2.45, 2.75) is 123 Å². The molecule has 0 aromatic heterocycles. The minimum absolute atomic E-state index is 0.0301. The standard InChI is InChI=1S/C37H66N10O6S/c1-27(10-5-15-41-16-6-23-53-54(4,48)49)30-11-12-31-35-32(26-34(37(30,31)3)52-22-9-19-44-47-40)36(2)14-13-29(50-20-7-17-42-45-38)24-28(36)25-33(35)51-21-8-18-43-46-39/h27-35,41H,5-26H2,1-4H3/t27-,28+,29-,30?,31+,32+,33-,34+,35+,36+,37-/m1/s1. The van der Waals surface area contributed by atoms with Gasteiger partial charge in [-0.05, 0) is 154 Å². The molecule has 0 aromatic carbocycles. The van der Waals surface area contributed by atoms with Crippen LogP contribution < -0.4 is 5.32 Å². The van der Waals surface area contributed by atoms with Crippen LogP contribution in [0.3, 0.4) is 0 Å². The van der Waals surface area contributed by atoms with Crippen LogP contribution in [-0.4, -0.2) is 92.1 Å². The van der Waals surface area contributed by atoms with Gasteiger partial charge < -0.3 is 19.5 Å². The number of nitrogens with zero attached hydrogens (tertiary/aromatic N) is 9. The van der Waals surface area contributed by atoms with E-state index in [0.717, 1.165) is 83.6 Å². The van der Waals surface area contributed by atoms with Crippen molar-refractivity contribution in [2.75, 3.05) is 65.4 Å². The van der Waals surface area contributed by atoms with Crippen molar-refractivity contribution in [3.05, 3.63) is 31.3 Å². The van der Waals surface area contributed by atoms with Gasteiger partial charge in [0.15, 0.2) is 0 Å². The van der Waals surface area contributed by atoms with Crippen molar-refractivity contribution < 1.29 is 26.8 Å². The van der Waals surface area contributed by atoms with Gasteiger partial charge in [-0.25, -0.2) is 0 Å². The highest BCUT2D eigenvalue weighted by molar-refractivity contribution is 7.85. The first-order valence-electron chi connectivity index (χ1n) is 20.4. The second-order valence-corrected chi connectivity index (χ2v) is 18.4. The third-order valence-electron chi connectivity index (χ3n) is 13.7. The van der Waals surface area contributed by atoms with E-state index in [1.165, 1.54) is 0 Å². The Hall–Kier alpha value is -2.32. The van der Waals surface area contributed by atoms with E-state index in [4.69, 9.17) is 35.0 Å². The molecule has 0 spiro atoms. The molecule has 0 bridgehead atoms. The summed E-state index contributed by atoms with van der Waals surface area (Å²) in [6, 6.07) is 0. The van der Waals surface area contributed by atoms with Gasteiger partial charge in [-0.3, -0.25) is 4.18 Å². The molecule has 4 aliphatic carbocycles. The Morgan fingerprint density at radius 2 is 1.41 bits per heavy atom. The Morgan fingerprint density at radius 1 is 0.778 bits per heavy atom. The molecule has 0 radical (unpaired) electrons. The fraction of sp³-hybridized carbons (Fsp3) is 1.00. The van der Waals surface area contributed by atoms with Crippen LogP contribution in [0.25, 0.3) is 31.3 Å². The molecule has 4 fully saturated rings. The minimum atomic E-state index is -3.41. The smallest absolute Gasteiger partial charge is 0.264 e. The van der Waals surface area contributed by atoms with Crippen LogP contribution in [-0.2, 0) is 28.5 Å². The van der Waals surface area contributed by atoms with Crippen LogP contribution in [0.1, 0.15) is 104 Å². The lowest BCUT2D eigenvalue weighted by Gasteiger charge is -2.65. The van der Waals surface area contributed by atoms with Crippen molar-refractivity contribution in [3.63, 3.8) is 0 Å². The summed E-state index contributed by atoms with van der Waals surface area (Å²) in [5, 5.41) is 14.7. The first-order valence-corrected chi connectivity index (χ1v) is 22.2. The number of hydrogen-bond acceptors (Lipinski definition) is 10. The maximum atomic E-state index is 11.2. The summed E-state index contributed by atoms with van der Waals surface area (Å²) in [5.41, 5.74) is 26.5. The molecular formula is C37H66N10O6S. The van der Waals surface area contributed by atoms with Gasteiger partial charge in [0.05, 0.1) is 31.2 Å². The monoisotopic (exact) mass is 778 g/mol. The number of hydrogen-bond donors (Lipinski definition) is 1. The fourth-order valence-electron chi connectivity index (χ4n) is 11.2. The van der Waals surface area contributed by atoms with Crippen LogP contribution >= 0.6 is 0 Å². The molecule has 0 aromatic rings. The van der Waals surface area contributed by atoms with E-state index in [2.05, 4.69) is 56.2 Å². The summed E-state index contributed by atoms with van der Waals surface area (Å²) >= 11 is 0. The summed E-state index contributed by atoms with van der Waals surface area (Å²) in [4.78, 5) is 8.76. The summed E-state index contributed by atoms with van der Waals surface area (Å²) < 4.78 is 47.6. The zero-order chi connectivity index (χ0) is 39.0. The maximum absolute atomic E-state index is 11.2. The molecule has 54 heavy (non-hydrogen) atoms. The van der Waals surface area contributed by atoms with Crippen LogP contribution in [0.2, 0.25) is 0 Å². The predicted molar refractivity (Wildman–Crippen MR) is 208 cm³/mol. The van der Waals surface area contributed by atoms with E-state index in [1.807, 2.05) is 0 Å². The van der Waals surface area contributed by atoms with E-state index < -0.39 is 10.1 Å². The summed E-state index contributed by atoms with van der Waals surface area (Å²) in [5.74, 6) is 2.76. The molecule has 1 N–H and O–H groups in total. The first-order chi connectivity index (χ1) is 26.0. The van der Waals surface area contributed by atoms with Crippen molar-refractivity contribution >= 4 is 10.1 Å². The zero-order valence-electron chi connectivity index (χ0n) is 33.1. The van der Waals surface area contributed by atoms with Crippen LogP contribution in [0.5, 0.6) is 0 Å². The molecule has 17 heteroatoms. The molecule has 16 nitrogen and oxygen atoms in total. The van der Waals surface area contributed by atoms with Gasteiger partial charge in [0.2, 0.25) is 0 Å². The van der Waals surface area contributed by atoms with Crippen molar-refractivity contribution in [2.24, 2.45) is 61.7 Å². The Kier molecular flexibility index (Phi) is 18.0. The van der Waals surface area contributed by atoms with Crippen molar-refractivity contribution in [1.82, 2.24) is 5.32 Å². The van der Waals surface area contributed by atoms with Gasteiger partial charge in [-0.2, -0.15) is 8.42 Å². The van der Waals surface area contributed by atoms with Gasteiger partial charge in [-0.15, -0.1) is 0 Å². The molecule has 1 unspecified atom stereocenters. The van der Waals surface area contributed by atoms with Gasteiger partial charge in [0.1, 0.15) is 0 Å². The second kappa shape index (κ2) is 21.8. The van der Waals surface area contributed by atoms with Crippen LogP contribution in [0.15, 0.2) is 15.3 Å². The van der Waals surface area contributed by atoms with Gasteiger partial charge in [0, 0.05) is 59.6 Å². The molecule has 306 valence electrons. The van der Waals surface area contributed by atoms with Crippen LogP contribution in [0.4, 0.5) is 0 Å². The normalized spacial score (nSPS) is 33.6. The molecule has 0 aliphatic heterocycles. The molecule has 11 atom stereocenters. The van der Waals surface area contributed by atoms with Gasteiger partial charge in [-0.1, -0.05) is 36.1 Å². The van der Waals surface area contributed by atoms with Gasteiger partial charge >= 0.3 is 0 Å². The average Bonchev–Trinajstić information content (AvgIpc) is 3.50. The van der Waals surface area contributed by atoms with E-state index in [0.29, 0.717) is 94.2 Å². The topological polar surface area (TPSA) is 229 Å². The molecule has 0 amide bonds. The number of fused-ring (bicyclic) bond motifs is 5. The Balaban J connectivity index is 1.51. The van der Waals surface area contributed by atoms with Crippen molar-refractivity contribution in [1.29, 1.82) is 0 Å².